The summed E-state index contributed by atoms with van der Waals surface area (Å²) in [5.74, 6) is 2.97. The largest absolute Gasteiger partial charge is 0.499 e. The summed E-state index contributed by atoms with van der Waals surface area (Å²) >= 11 is 3.74. The highest BCUT2D eigenvalue weighted by Gasteiger charge is 2.52. The van der Waals surface area contributed by atoms with E-state index in [4.69, 9.17) is 34.6 Å². The summed E-state index contributed by atoms with van der Waals surface area (Å²) < 4.78 is 47.6. The number of ether oxygens (including phenoxy) is 2. The maximum Gasteiger partial charge on any atom is 0.499 e. The second kappa shape index (κ2) is 25.8. The smallest absolute Gasteiger partial charge is 0.444 e. The standard InChI is InChI=1S/C30H28N6O2.C29H28BrN5O2.C9H14BNO3.CH3F.CH4/c1-29(2,3)38-28(37)35-30(15-7-16-30)20-13-11-19(12-14-20)25-23(18-31)34-27-21-8-4-5-9-22(21)33-26-24(36(25)27)10-6-17-32-26;1-28(2,3)37-27(36)34-29(15-7-16-29)19-13-11-18(12-14-19)23-24(30)33-26-20-8-4-5-9-21(20)32-25-22(35(23)26)10-6-17-31-25;1-8(2)9(3,4)14-10(13-8)7-5-11-12-6-7;1-2;/h4-6,8-14,17H,7,15-16H2,1-3H3,(H,32,33)(H,35,37);4-6,8-14,17H,7,15-16H2,1-3H3,(H,31,32)(H,34,36);5-6H,1-4H3;1H3;1H4/i;;;;1D. The summed E-state index contributed by atoms with van der Waals surface area (Å²) in [7, 11) is 1.38. The lowest BCUT2D eigenvalue weighted by atomic mass is 9.71. The molecule has 22 heteroatoms. The molecule has 9 aromatic rings. The number of carbonyl (C=O) groups is 2. The molecular formula is C70H77BBrFN12O7. The number of imidazole rings is 2. The number of pyridine rings is 2. The molecule has 1 saturated heterocycles. The van der Waals surface area contributed by atoms with Crippen molar-refractivity contribution >= 4 is 63.7 Å². The number of nitriles is 1. The molecule has 2 amide bonds. The molecule has 3 fully saturated rings. The Labute approximate surface area is 546 Å². The first-order valence-electron chi connectivity index (χ1n) is 31.3. The van der Waals surface area contributed by atoms with Crippen molar-refractivity contribution in [3.8, 4) is 62.7 Å². The zero-order valence-electron chi connectivity index (χ0n) is 54.9. The molecule has 4 N–H and O–H groups in total. The highest BCUT2D eigenvalue weighted by molar-refractivity contribution is 9.10. The van der Waals surface area contributed by atoms with Crippen LogP contribution in [0, 0.1) is 11.3 Å². The Hall–Kier alpha value is -9.17. The molecular weight excluding hydrogens is 1230 g/mol. The van der Waals surface area contributed by atoms with Gasteiger partial charge in [-0.1, -0.05) is 85.4 Å². The van der Waals surface area contributed by atoms with E-state index in [-0.39, 0.29) is 24.4 Å². The topological polar surface area (TPSA) is 230 Å². The van der Waals surface area contributed by atoms with E-state index in [9.17, 15) is 19.2 Å². The van der Waals surface area contributed by atoms with Gasteiger partial charge >= 0.3 is 19.3 Å². The number of rotatable bonds is 7. The minimum Gasteiger partial charge on any atom is -0.444 e. The van der Waals surface area contributed by atoms with Crippen LogP contribution in [0.1, 0.15) is 133 Å². The highest BCUT2D eigenvalue weighted by Crippen LogP contribution is 2.48. The van der Waals surface area contributed by atoms with Crippen LogP contribution in [0.25, 0.3) is 56.7 Å². The third-order valence-electron chi connectivity index (χ3n) is 17.0. The first-order valence-corrected chi connectivity index (χ1v) is 31.1. The lowest BCUT2D eigenvalue weighted by Gasteiger charge is -2.43. The molecule has 19 nitrogen and oxygen atoms in total. The van der Waals surface area contributed by atoms with Crippen LogP contribution < -0.4 is 26.7 Å². The summed E-state index contributed by atoms with van der Waals surface area (Å²) in [6, 6.07) is 42.6. The molecule has 0 radical (unpaired) electrons. The molecule has 14 rings (SSSR count). The summed E-state index contributed by atoms with van der Waals surface area (Å²) in [4.78, 5) is 44.1. The van der Waals surface area contributed by atoms with Gasteiger partial charge in [-0.05, 0) is 183 Å². The van der Waals surface area contributed by atoms with Gasteiger partial charge in [0.2, 0.25) is 0 Å². The summed E-state index contributed by atoms with van der Waals surface area (Å²) in [6.45, 7) is 19.3. The van der Waals surface area contributed by atoms with Crippen LogP contribution in [0.5, 0.6) is 0 Å². The highest BCUT2D eigenvalue weighted by atomic mass is 79.9. The van der Waals surface area contributed by atoms with Crippen molar-refractivity contribution in [1.29, 1.82) is 5.26 Å². The van der Waals surface area contributed by atoms with Crippen LogP contribution in [0.2, 0.25) is 0 Å². The Morgan fingerprint density at radius 2 is 1.10 bits per heavy atom. The number of alkyl halides is 1. The van der Waals surface area contributed by atoms with E-state index < -0.39 is 28.4 Å². The number of amides is 2. The minimum atomic E-state index is -0.564. The Bertz CT molecular complexity index is 4170. The van der Waals surface area contributed by atoms with Crippen LogP contribution >= 0.6 is 15.9 Å². The molecule has 0 bridgehead atoms. The number of halogens is 2. The maximum absolute atomic E-state index is 12.6. The summed E-state index contributed by atoms with van der Waals surface area (Å²) in [5.41, 5.74) is 9.65. The molecule has 5 aromatic heterocycles. The van der Waals surface area contributed by atoms with Crippen molar-refractivity contribution in [1.82, 2.24) is 44.9 Å². The first-order chi connectivity index (χ1) is 44.4. The van der Waals surface area contributed by atoms with Crippen molar-refractivity contribution in [2.45, 2.75) is 149 Å². The fraction of sp³-hybridized carbons (Fsp3) is 0.343. The van der Waals surface area contributed by atoms with Crippen LogP contribution in [-0.4, -0.2) is 83.1 Å². The molecule has 92 heavy (non-hydrogen) atoms. The van der Waals surface area contributed by atoms with E-state index in [2.05, 4.69) is 93.3 Å². The number of carbonyl (C=O) groups excluding carboxylic acids is 2. The van der Waals surface area contributed by atoms with Gasteiger partial charge in [0.1, 0.15) is 39.8 Å². The number of alkyl carbamates (subject to hydrolysis) is 2. The second-order valence-electron chi connectivity index (χ2n) is 25.9. The van der Waals surface area contributed by atoms with Gasteiger partial charge in [-0.2, -0.15) is 5.26 Å². The Morgan fingerprint density at radius 1 is 0.663 bits per heavy atom. The van der Waals surface area contributed by atoms with Gasteiger partial charge in [-0.3, -0.25) is 13.5 Å². The van der Waals surface area contributed by atoms with Gasteiger partial charge in [0, 0.05) is 41.5 Å². The van der Waals surface area contributed by atoms with Gasteiger partial charge < -0.3 is 44.6 Å². The number of hydrogen-bond acceptors (Lipinski definition) is 15. The van der Waals surface area contributed by atoms with Crippen LogP contribution in [0.3, 0.4) is 0 Å². The van der Waals surface area contributed by atoms with Gasteiger partial charge in [0.15, 0.2) is 17.3 Å². The zero-order valence-corrected chi connectivity index (χ0v) is 55.5. The van der Waals surface area contributed by atoms with Crippen molar-refractivity contribution in [2.75, 3.05) is 17.8 Å². The zero-order chi connectivity index (χ0) is 66.7. The average Bonchev–Trinajstić information content (AvgIpc) is 1.61. The van der Waals surface area contributed by atoms with E-state index in [1.165, 1.54) is 7.40 Å². The molecule has 4 aromatic carbocycles. The fourth-order valence-corrected chi connectivity index (χ4v) is 12.2. The number of nitrogens with one attached hydrogen (secondary N) is 4. The minimum absolute atomic E-state index is 0.311. The molecule has 8 heterocycles. The van der Waals surface area contributed by atoms with Gasteiger partial charge in [-0.25, -0.2) is 29.5 Å². The second-order valence-corrected chi connectivity index (χ2v) is 26.7. The number of benzene rings is 4. The van der Waals surface area contributed by atoms with Crippen molar-refractivity contribution < 1.29 is 38.7 Å². The number of aromatic nitrogens is 7. The number of para-hydroxylation sites is 2. The number of anilines is 4. The van der Waals surface area contributed by atoms with E-state index in [0.29, 0.717) is 30.2 Å². The molecule has 5 aliphatic rings. The lowest BCUT2D eigenvalue weighted by Crippen LogP contribution is -2.52. The SMILES string of the molecule is CC(C)(C)OC(=O)NC1(c2ccc(-c3c(Br)nc4n3-c3cccnc3Nc3ccccc3-4)cc2)CCC1.CC(C)(C)OC(=O)NC1(c2ccc(-c3c(C#N)nc4n3-c3cccnc3Nc3ccccc3-4)cc2)CCC1.CC1(C)OB(c2cnoc2)OC1(C)C.CF.[2H]C. The van der Waals surface area contributed by atoms with Gasteiger partial charge in [-0.15, -0.1) is 0 Å². The predicted octanol–water partition coefficient (Wildman–Crippen LogP) is 16.0. The third-order valence-corrected chi connectivity index (χ3v) is 17.6. The van der Waals surface area contributed by atoms with E-state index >= 15 is 0 Å². The molecule has 476 valence electrons. The van der Waals surface area contributed by atoms with Crippen molar-refractivity contribution in [3.05, 3.63) is 168 Å². The van der Waals surface area contributed by atoms with Gasteiger partial charge in [0.25, 0.3) is 0 Å². The molecule has 2 aliphatic carbocycles. The van der Waals surface area contributed by atoms with Crippen LogP contribution in [0.4, 0.5) is 37.0 Å². The van der Waals surface area contributed by atoms with Gasteiger partial charge in [0.05, 0.1) is 69.8 Å². The number of fused-ring (bicyclic) bond motifs is 10. The summed E-state index contributed by atoms with van der Waals surface area (Å²) in [5, 5.41) is 26.9. The Morgan fingerprint density at radius 3 is 1.51 bits per heavy atom. The van der Waals surface area contributed by atoms with Crippen molar-refractivity contribution in [2.24, 2.45) is 0 Å². The maximum atomic E-state index is 12.6. The Balaban J connectivity index is 0.000000162. The number of nitrogens with zero attached hydrogens (tertiary/aromatic N) is 8. The fourth-order valence-electron chi connectivity index (χ4n) is 11.6. The first kappa shape index (κ1) is 64.4. The van der Waals surface area contributed by atoms with E-state index in [1.807, 2.05) is 165 Å². The number of hydrogen-bond donors (Lipinski definition) is 4. The normalized spacial score (nSPS) is 16.1. The van der Waals surface area contributed by atoms with E-state index in [1.54, 1.807) is 24.9 Å². The van der Waals surface area contributed by atoms with Crippen LogP contribution in [-0.2, 0) is 29.9 Å². The van der Waals surface area contributed by atoms with E-state index in [0.717, 1.165) is 122 Å². The third kappa shape index (κ3) is 13.0. The Kier molecular flexibility index (Phi) is 18.1. The quantitative estimate of drug-likeness (QED) is 0.109. The molecule has 2 saturated carbocycles. The molecule has 0 spiro atoms. The monoisotopic (exact) mass is 1310 g/mol. The average molecular weight is 1310 g/mol. The van der Waals surface area contributed by atoms with Crippen molar-refractivity contribution in [3.63, 3.8) is 0 Å². The molecule has 0 atom stereocenters. The summed E-state index contributed by atoms with van der Waals surface area (Å²) in [6.07, 6.45) is 11.5. The predicted molar refractivity (Wildman–Crippen MR) is 359 cm³/mol. The molecule has 3 aliphatic heterocycles. The van der Waals surface area contributed by atoms with Crippen LogP contribution in [0.15, 0.2) is 155 Å². The lowest BCUT2D eigenvalue weighted by molar-refractivity contribution is 0.00578. The molecule has 0 unspecified atom stereocenters.